The monoisotopic (exact) mass is 1180 g/mol. The van der Waals surface area contributed by atoms with Gasteiger partial charge in [0.2, 0.25) is 11.9 Å². The maximum absolute atomic E-state index is 14.3. The first kappa shape index (κ1) is 59.3. The van der Waals surface area contributed by atoms with Crippen LogP contribution in [-0.4, -0.2) is 70.9 Å². The molecule has 2 amide bonds. The van der Waals surface area contributed by atoms with Gasteiger partial charge >= 0.3 is 7.12 Å². The van der Waals surface area contributed by atoms with Crippen LogP contribution in [0.1, 0.15) is 124 Å². The number of amides is 2. The zero-order valence-corrected chi connectivity index (χ0v) is 49.2. The number of nitrogen functional groups attached to an aromatic ring is 2. The molecule has 426 valence electrons. The number of aromatic nitrogens is 4. The molecule has 0 saturated carbocycles. The second-order valence-electron chi connectivity index (χ2n) is 23.8. The van der Waals surface area contributed by atoms with Crippen LogP contribution < -0.4 is 27.6 Å². The summed E-state index contributed by atoms with van der Waals surface area (Å²) in [5, 5.41) is 7.67. The van der Waals surface area contributed by atoms with Crippen molar-refractivity contribution in [1.29, 1.82) is 0 Å². The fourth-order valence-electron chi connectivity index (χ4n) is 9.61. The van der Waals surface area contributed by atoms with Crippen molar-refractivity contribution in [2.24, 2.45) is 0 Å². The molecule has 1 saturated heterocycles. The summed E-state index contributed by atoms with van der Waals surface area (Å²) >= 11 is 3.20. The molecule has 0 aliphatic carbocycles. The molecule has 0 bridgehead atoms. The molecule has 14 nitrogen and oxygen atoms in total. The molecule has 5 heterocycles. The lowest BCUT2D eigenvalue weighted by molar-refractivity contribution is 0.00578. The summed E-state index contributed by atoms with van der Waals surface area (Å²) in [6.07, 6.45) is 0. The summed E-state index contributed by atoms with van der Waals surface area (Å²) in [6, 6.07) is 31.6. The Hall–Kier alpha value is -7.36. The van der Waals surface area contributed by atoms with Gasteiger partial charge in [0.15, 0.2) is 23.3 Å². The molecule has 82 heavy (non-hydrogen) atoms. The average Bonchev–Trinajstić information content (AvgIpc) is 3.65. The van der Waals surface area contributed by atoms with Gasteiger partial charge in [0.25, 0.3) is 11.8 Å². The van der Waals surface area contributed by atoms with Gasteiger partial charge in [0, 0.05) is 65.6 Å². The number of nitrogens with one attached hydrogen (secondary N) is 2. The van der Waals surface area contributed by atoms with Crippen LogP contribution >= 0.6 is 15.9 Å². The topological polar surface area (TPSA) is 187 Å². The quantitative estimate of drug-likeness (QED) is 0.0642. The Kier molecular flexibility index (Phi) is 16.7. The number of halogens is 5. The molecular weight excluding hydrogens is 1120 g/mol. The fraction of sp³-hybridized carbons (Fsp3) is 0.323. The minimum absolute atomic E-state index is 0.00166. The number of fused-ring (bicyclic) bond motifs is 4. The van der Waals surface area contributed by atoms with Gasteiger partial charge in [-0.15, -0.1) is 0 Å². The predicted molar refractivity (Wildman–Crippen MR) is 316 cm³/mol. The summed E-state index contributed by atoms with van der Waals surface area (Å²) in [4.78, 5) is 47.7. The summed E-state index contributed by atoms with van der Waals surface area (Å²) in [5.41, 5.74) is 20.1. The van der Waals surface area contributed by atoms with Crippen molar-refractivity contribution in [3.63, 3.8) is 0 Å². The first-order valence-corrected chi connectivity index (χ1v) is 27.7. The number of rotatable bonds is 8. The number of nitrogens with two attached hydrogens (primary N) is 2. The van der Waals surface area contributed by atoms with E-state index in [4.69, 9.17) is 20.8 Å². The van der Waals surface area contributed by atoms with Crippen molar-refractivity contribution in [2.75, 3.05) is 11.5 Å². The van der Waals surface area contributed by atoms with Crippen molar-refractivity contribution in [3.8, 4) is 11.1 Å². The third-order valence-corrected chi connectivity index (χ3v) is 15.5. The lowest BCUT2D eigenvalue weighted by atomic mass is 9.78. The van der Waals surface area contributed by atoms with Gasteiger partial charge in [0.1, 0.15) is 11.4 Å². The molecule has 11 rings (SSSR count). The largest absolute Gasteiger partial charge is 0.494 e. The van der Waals surface area contributed by atoms with Gasteiger partial charge in [-0.1, -0.05) is 82.7 Å². The summed E-state index contributed by atoms with van der Waals surface area (Å²) in [7, 11) is -0.536. The zero-order valence-electron chi connectivity index (χ0n) is 47.6. The normalized spacial score (nSPS) is 15.2. The smallest absolute Gasteiger partial charge is 0.399 e. The van der Waals surface area contributed by atoms with Crippen molar-refractivity contribution < 1.29 is 36.5 Å². The van der Waals surface area contributed by atoms with E-state index in [2.05, 4.69) is 46.5 Å². The first-order chi connectivity index (χ1) is 38.5. The van der Waals surface area contributed by atoms with E-state index in [9.17, 15) is 27.2 Å². The van der Waals surface area contributed by atoms with E-state index in [1.165, 1.54) is 18.2 Å². The highest BCUT2D eigenvalue weighted by Gasteiger charge is 2.52. The van der Waals surface area contributed by atoms with Crippen LogP contribution in [0.4, 0.5) is 29.5 Å². The molecule has 2 aromatic heterocycles. The Morgan fingerprint density at radius 2 is 0.976 bits per heavy atom. The minimum Gasteiger partial charge on any atom is -0.399 e. The molecular formula is C62H66BBrF4N10O4. The van der Waals surface area contributed by atoms with Gasteiger partial charge in [-0.05, 0) is 162 Å². The number of anilines is 2. The van der Waals surface area contributed by atoms with Gasteiger partial charge in [-0.3, -0.25) is 9.59 Å². The van der Waals surface area contributed by atoms with Crippen molar-refractivity contribution >= 4 is 74.0 Å². The molecule has 0 unspecified atom stereocenters. The van der Waals surface area contributed by atoms with E-state index < -0.39 is 41.6 Å². The Balaban J connectivity index is 0.000000160. The number of hydrogen-bond donors (Lipinski definition) is 4. The van der Waals surface area contributed by atoms with E-state index in [1.54, 1.807) is 28.0 Å². The number of hydrogen-bond acceptors (Lipinski definition) is 12. The molecule has 20 heteroatoms. The Bertz CT molecular complexity index is 3710. The molecule has 0 spiro atoms. The van der Waals surface area contributed by atoms with Crippen LogP contribution in [0.5, 0.6) is 0 Å². The van der Waals surface area contributed by atoms with Gasteiger partial charge in [-0.25, -0.2) is 37.5 Å². The van der Waals surface area contributed by atoms with Crippen LogP contribution in [0.25, 0.3) is 32.9 Å². The van der Waals surface area contributed by atoms with E-state index in [-0.39, 0.29) is 40.5 Å². The summed E-state index contributed by atoms with van der Waals surface area (Å²) in [6.45, 7) is 23.0. The molecule has 8 aromatic rings. The van der Waals surface area contributed by atoms with Crippen LogP contribution in [-0.2, 0) is 48.6 Å². The second-order valence-corrected chi connectivity index (χ2v) is 24.7. The van der Waals surface area contributed by atoms with E-state index in [1.807, 2.05) is 136 Å². The molecule has 0 atom stereocenters. The van der Waals surface area contributed by atoms with Crippen LogP contribution in [0.15, 0.2) is 114 Å². The van der Waals surface area contributed by atoms with Gasteiger partial charge in [-0.2, -0.15) is 0 Å². The molecule has 6 aromatic carbocycles. The Labute approximate surface area is 483 Å². The van der Waals surface area contributed by atoms with Gasteiger partial charge < -0.3 is 41.2 Å². The predicted octanol–water partition coefficient (Wildman–Crippen LogP) is 11.5. The lowest BCUT2D eigenvalue weighted by Crippen LogP contribution is -2.41. The third kappa shape index (κ3) is 13.3. The van der Waals surface area contributed by atoms with E-state index >= 15 is 0 Å². The Morgan fingerprint density at radius 3 is 1.44 bits per heavy atom. The highest BCUT2D eigenvalue weighted by atomic mass is 79.9. The second kappa shape index (κ2) is 23.1. The fourth-order valence-corrected chi connectivity index (χ4v) is 10.1. The standard InChI is InChI=1S/C28H27F2N5O.C23H25BN4O3.C11H14BrF2N/c1-28(2,3)32-13-19-11-22(29)23(30)12-20(19)16-8-9-24-21(10-16)25(34-27(31)33-24)26(36)35-14-17-6-4-5-7-18(17)15-35;1-22(2)23(3,4)31-24(30-22)16-9-10-18-17(11-16)19(27-21(25)26-18)20(29)28-12-14-7-5-6-8-15(14)13-28;1-11(2,3)15-6-7-4-9(13)10(14)5-8(7)12/h4-12,32H,13-15H2,1-3H3,(H2,31,33,34);5-11H,12-13H2,1-4H3,(H2,25,26,27);4-5,15H,6H2,1-3H3. The summed E-state index contributed by atoms with van der Waals surface area (Å²) in [5.74, 6) is -3.85. The SMILES string of the molecule is CC(C)(C)NCc1cc(F)c(F)cc1-c1ccc2nc(N)nc(C(=O)N3Cc4ccccc4C3)c2c1.CC(C)(C)NCc1cc(F)c(F)cc1Br.CC1(C)OB(c2ccc3nc(N)nc(C(=O)N4Cc5ccccc5C4)c3c2)OC1(C)C. The molecule has 3 aliphatic rings. The highest BCUT2D eigenvalue weighted by Crippen LogP contribution is 2.38. The first-order valence-electron chi connectivity index (χ1n) is 26.9. The number of nitrogens with zero attached hydrogens (tertiary/aromatic N) is 6. The maximum atomic E-state index is 14.3. The zero-order chi connectivity index (χ0) is 59.2. The van der Waals surface area contributed by atoms with Crippen molar-refractivity contribution in [1.82, 2.24) is 40.4 Å². The highest BCUT2D eigenvalue weighted by molar-refractivity contribution is 9.10. The Morgan fingerprint density at radius 1 is 0.573 bits per heavy atom. The molecule has 1 fully saturated rings. The van der Waals surface area contributed by atoms with Crippen LogP contribution in [0.3, 0.4) is 0 Å². The molecule has 6 N–H and O–H groups in total. The minimum atomic E-state index is -0.940. The van der Waals surface area contributed by atoms with E-state index in [0.717, 1.165) is 33.8 Å². The maximum Gasteiger partial charge on any atom is 0.494 e. The van der Waals surface area contributed by atoms with Crippen LogP contribution in [0, 0.1) is 23.3 Å². The summed E-state index contributed by atoms with van der Waals surface area (Å²) < 4.78 is 67.2. The van der Waals surface area contributed by atoms with Gasteiger partial charge in [0.05, 0.1) is 22.2 Å². The van der Waals surface area contributed by atoms with E-state index in [0.29, 0.717) is 93.5 Å². The number of carbonyl (C=O) groups is 2. The third-order valence-electron chi connectivity index (χ3n) is 14.8. The number of benzene rings is 6. The van der Waals surface area contributed by atoms with Crippen molar-refractivity contribution in [2.45, 2.75) is 131 Å². The molecule has 3 aliphatic heterocycles. The average molecular weight is 1180 g/mol. The molecule has 0 radical (unpaired) electrons. The van der Waals surface area contributed by atoms with Crippen molar-refractivity contribution in [3.05, 3.63) is 182 Å². The number of carbonyl (C=O) groups excluding carboxylic acids is 2. The lowest BCUT2D eigenvalue weighted by Gasteiger charge is -2.32. The van der Waals surface area contributed by atoms with Crippen LogP contribution in [0.2, 0.25) is 0 Å².